The number of amides is 4. The van der Waals surface area contributed by atoms with Crippen molar-refractivity contribution in [2.24, 2.45) is 0 Å². The number of imide groups is 2. The smallest absolute Gasteiger partial charge is 0.335 e. The van der Waals surface area contributed by atoms with Crippen LogP contribution in [0.3, 0.4) is 0 Å². The molecule has 1 heterocycles. The Hall–Kier alpha value is -5.12. The molecule has 0 aliphatic carbocycles. The number of ether oxygens (including phenoxy) is 3. The van der Waals surface area contributed by atoms with Crippen LogP contribution in [0.1, 0.15) is 21.5 Å². The zero-order valence-corrected chi connectivity index (χ0v) is 19.9. The third kappa shape index (κ3) is 5.27. The second-order valence-corrected chi connectivity index (χ2v) is 7.83. The molecule has 0 bridgehead atoms. The van der Waals surface area contributed by atoms with E-state index in [1.807, 2.05) is 0 Å². The van der Waals surface area contributed by atoms with Gasteiger partial charge in [-0.25, -0.2) is 14.5 Å². The lowest BCUT2D eigenvalue weighted by atomic mass is 10.1. The lowest BCUT2D eigenvalue weighted by Crippen LogP contribution is -2.54. The molecule has 2 N–H and O–H groups in total. The lowest BCUT2D eigenvalue weighted by molar-refractivity contribution is -0.122. The monoisotopic (exact) mass is 502 g/mol. The van der Waals surface area contributed by atoms with Gasteiger partial charge in [0, 0.05) is 5.56 Å². The molecule has 1 aliphatic heterocycles. The van der Waals surface area contributed by atoms with Gasteiger partial charge in [-0.3, -0.25) is 14.9 Å². The van der Waals surface area contributed by atoms with E-state index >= 15 is 0 Å². The van der Waals surface area contributed by atoms with Crippen molar-refractivity contribution >= 4 is 35.6 Å². The maximum Gasteiger partial charge on any atom is 0.335 e. The van der Waals surface area contributed by atoms with Crippen LogP contribution in [0.4, 0.5) is 10.5 Å². The van der Waals surface area contributed by atoms with Gasteiger partial charge in [-0.1, -0.05) is 24.3 Å². The number of carboxylic acid groups (broad SMARTS) is 1. The number of anilines is 1. The highest BCUT2D eigenvalue weighted by Crippen LogP contribution is 2.34. The summed E-state index contributed by atoms with van der Waals surface area (Å²) in [6, 6.07) is 16.5. The van der Waals surface area contributed by atoms with E-state index in [0.29, 0.717) is 22.6 Å². The van der Waals surface area contributed by atoms with E-state index in [4.69, 9.17) is 19.3 Å². The first-order valence-corrected chi connectivity index (χ1v) is 11.0. The van der Waals surface area contributed by atoms with Gasteiger partial charge in [0.2, 0.25) is 0 Å². The Morgan fingerprint density at radius 3 is 2.27 bits per heavy atom. The predicted octanol–water partition coefficient (Wildman–Crippen LogP) is 3.65. The van der Waals surface area contributed by atoms with E-state index in [2.05, 4.69) is 5.32 Å². The number of para-hydroxylation sites is 1. The SMILES string of the molecule is COc1ccc(N2C(=O)NC(=O)/C(=C\c3cccc(OC)c3OCc3ccc(C(=O)O)cc3)C2=O)cc1. The van der Waals surface area contributed by atoms with Crippen molar-refractivity contribution in [1.29, 1.82) is 0 Å². The molecule has 0 atom stereocenters. The third-order valence-corrected chi connectivity index (χ3v) is 5.55. The molecule has 0 spiro atoms. The fourth-order valence-corrected chi connectivity index (χ4v) is 3.64. The fourth-order valence-electron chi connectivity index (χ4n) is 3.64. The molecule has 1 aliphatic rings. The number of carboxylic acids is 1. The second-order valence-electron chi connectivity index (χ2n) is 7.83. The van der Waals surface area contributed by atoms with E-state index < -0.39 is 23.8 Å². The standard InChI is InChI=1S/C27H22N2O8/c1-35-20-12-10-19(11-13-20)29-25(31)21(24(30)28-27(29)34)14-18-4-3-5-22(36-2)23(18)37-15-16-6-8-17(9-7-16)26(32)33/h3-14H,15H2,1-2H3,(H,32,33)(H,28,30,34)/b21-14+. The van der Waals surface area contributed by atoms with Gasteiger partial charge >= 0.3 is 12.0 Å². The number of nitrogens with one attached hydrogen (secondary N) is 1. The van der Waals surface area contributed by atoms with E-state index in [9.17, 15) is 19.2 Å². The molecule has 3 aromatic carbocycles. The van der Waals surface area contributed by atoms with Crippen molar-refractivity contribution in [3.8, 4) is 17.2 Å². The number of hydrogen-bond acceptors (Lipinski definition) is 7. The summed E-state index contributed by atoms with van der Waals surface area (Å²) in [6.07, 6.45) is 1.33. The first-order chi connectivity index (χ1) is 17.8. The van der Waals surface area contributed by atoms with Crippen LogP contribution < -0.4 is 24.4 Å². The second kappa shape index (κ2) is 10.6. The Bertz CT molecular complexity index is 1390. The molecule has 188 valence electrons. The molecular weight excluding hydrogens is 480 g/mol. The average Bonchev–Trinajstić information content (AvgIpc) is 2.90. The number of rotatable bonds is 8. The first kappa shape index (κ1) is 25.0. The van der Waals surface area contributed by atoms with Crippen LogP contribution in [0.25, 0.3) is 6.08 Å². The molecule has 0 saturated carbocycles. The van der Waals surface area contributed by atoms with Crippen LogP contribution in [0.5, 0.6) is 17.2 Å². The Kier molecular flexibility index (Phi) is 7.19. The maximum atomic E-state index is 13.3. The number of urea groups is 1. The van der Waals surface area contributed by atoms with Crippen LogP contribution in [0, 0.1) is 0 Å². The van der Waals surface area contributed by atoms with Crippen molar-refractivity contribution in [2.45, 2.75) is 6.61 Å². The zero-order chi connectivity index (χ0) is 26.5. The topological polar surface area (TPSA) is 131 Å². The molecule has 1 fully saturated rings. The largest absolute Gasteiger partial charge is 0.497 e. The summed E-state index contributed by atoms with van der Waals surface area (Å²) in [7, 11) is 2.94. The van der Waals surface area contributed by atoms with E-state index in [0.717, 1.165) is 4.90 Å². The summed E-state index contributed by atoms with van der Waals surface area (Å²) in [5.41, 5.74) is 1.18. The highest BCUT2D eigenvalue weighted by Gasteiger charge is 2.37. The summed E-state index contributed by atoms with van der Waals surface area (Å²) in [4.78, 5) is 50.3. The summed E-state index contributed by atoms with van der Waals surface area (Å²) in [5.74, 6) is -1.55. The van der Waals surface area contributed by atoms with Crippen LogP contribution in [-0.2, 0) is 16.2 Å². The first-order valence-electron chi connectivity index (χ1n) is 11.0. The molecule has 10 nitrogen and oxygen atoms in total. The van der Waals surface area contributed by atoms with Crippen LogP contribution >= 0.6 is 0 Å². The van der Waals surface area contributed by atoms with E-state index in [1.165, 1.54) is 44.6 Å². The molecule has 37 heavy (non-hydrogen) atoms. The zero-order valence-electron chi connectivity index (χ0n) is 19.9. The van der Waals surface area contributed by atoms with Crippen LogP contribution in [0.2, 0.25) is 0 Å². The minimum absolute atomic E-state index is 0.0625. The lowest BCUT2D eigenvalue weighted by Gasteiger charge is -2.26. The summed E-state index contributed by atoms with van der Waals surface area (Å²) in [5, 5.41) is 11.3. The van der Waals surface area contributed by atoms with Crippen molar-refractivity contribution in [3.63, 3.8) is 0 Å². The fraction of sp³-hybridized carbons (Fsp3) is 0.111. The number of nitrogens with zero attached hydrogens (tertiary/aromatic N) is 1. The number of carbonyl (C=O) groups is 4. The maximum absolute atomic E-state index is 13.3. The van der Waals surface area contributed by atoms with Crippen molar-refractivity contribution in [3.05, 3.63) is 89.0 Å². The summed E-state index contributed by atoms with van der Waals surface area (Å²) in [6.45, 7) is 0.0625. The van der Waals surface area contributed by atoms with Gasteiger partial charge in [-0.05, 0) is 54.1 Å². The van der Waals surface area contributed by atoms with Gasteiger partial charge in [-0.2, -0.15) is 0 Å². The highest BCUT2D eigenvalue weighted by atomic mass is 16.5. The summed E-state index contributed by atoms with van der Waals surface area (Å²) < 4.78 is 16.5. The Balaban J connectivity index is 1.66. The summed E-state index contributed by atoms with van der Waals surface area (Å²) >= 11 is 0. The molecule has 3 aromatic rings. The van der Waals surface area contributed by atoms with E-state index in [-0.39, 0.29) is 29.2 Å². The Labute approximate surface area is 211 Å². The molecule has 4 rings (SSSR count). The van der Waals surface area contributed by atoms with Crippen LogP contribution in [0.15, 0.2) is 72.3 Å². The molecule has 0 unspecified atom stereocenters. The molecule has 0 radical (unpaired) electrons. The molecule has 0 aromatic heterocycles. The van der Waals surface area contributed by atoms with Crippen molar-refractivity contribution in [2.75, 3.05) is 19.1 Å². The third-order valence-electron chi connectivity index (χ3n) is 5.55. The highest BCUT2D eigenvalue weighted by molar-refractivity contribution is 6.39. The van der Waals surface area contributed by atoms with E-state index in [1.54, 1.807) is 42.5 Å². The number of methoxy groups -OCH3 is 2. The van der Waals surface area contributed by atoms with Crippen molar-refractivity contribution < 1.29 is 38.5 Å². The number of benzene rings is 3. The van der Waals surface area contributed by atoms with Crippen LogP contribution in [-0.4, -0.2) is 43.1 Å². The van der Waals surface area contributed by atoms with Gasteiger partial charge < -0.3 is 19.3 Å². The van der Waals surface area contributed by atoms with Gasteiger partial charge in [0.05, 0.1) is 25.5 Å². The number of aromatic carboxylic acids is 1. The van der Waals surface area contributed by atoms with Crippen molar-refractivity contribution in [1.82, 2.24) is 5.32 Å². The molecule has 4 amide bonds. The normalized spacial score (nSPS) is 14.4. The minimum Gasteiger partial charge on any atom is -0.497 e. The Morgan fingerprint density at radius 1 is 0.946 bits per heavy atom. The van der Waals surface area contributed by atoms with Gasteiger partial charge in [0.15, 0.2) is 11.5 Å². The molecule has 10 heteroatoms. The number of carbonyl (C=O) groups excluding carboxylic acids is 3. The quantitative estimate of drug-likeness (QED) is 0.353. The number of hydrogen-bond donors (Lipinski definition) is 2. The van der Waals surface area contributed by atoms with Gasteiger partial charge in [-0.15, -0.1) is 0 Å². The predicted molar refractivity (Wildman–Crippen MR) is 133 cm³/mol. The van der Waals surface area contributed by atoms with Gasteiger partial charge in [0.25, 0.3) is 11.8 Å². The minimum atomic E-state index is -1.04. The number of barbiturate groups is 1. The van der Waals surface area contributed by atoms with Gasteiger partial charge in [0.1, 0.15) is 17.9 Å². The Morgan fingerprint density at radius 2 is 1.65 bits per heavy atom. The average molecular weight is 502 g/mol. The molecule has 1 saturated heterocycles. The molecular formula is C27H22N2O8.